The molecule has 1 heterocycles. The Morgan fingerprint density at radius 3 is 2.48 bits per heavy atom. The van der Waals surface area contributed by atoms with E-state index < -0.39 is 0 Å². The van der Waals surface area contributed by atoms with Crippen LogP contribution in [0.25, 0.3) is 0 Å². The van der Waals surface area contributed by atoms with Crippen molar-refractivity contribution in [2.75, 3.05) is 19.0 Å². The Morgan fingerprint density at radius 1 is 1.24 bits per heavy atom. The summed E-state index contributed by atoms with van der Waals surface area (Å²) in [5.41, 5.74) is 2.48. The molecule has 0 aliphatic heterocycles. The molecule has 1 aromatic rings. The number of hydrogen-bond acceptors (Lipinski definition) is 3. The lowest BCUT2D eigenvalue weighted by atomic mass is 9.70. The van der Waals surface area contributed by atoms with Gasteiger partial charge in [0.2, 0.25) is 0 Å². The molecule has 0 saturated heterocycles. The number of aryl methyl sites for hydroxylation is 1. The number of anilines is 1. The molecule has 1 saturated carbocycles. The minimum absolute atomic E-state index is 0.462. The van der Waals surface area contributed by atoms with Crippen LogP contribution >= 0.6 is 0 Å². The molecule has 3 nitrogen and oxygen atoms in total. The molecule has 0 bridgehead atoms. The van der Waals surface area contributed by atoms with Gasteiger partial charge in [-0.3, -0.25) is 4.98 Å². The molecular weight excluding hydrogens is 260 g/mol. The number of methoxy groups -OCH3 is 1. The van der Waals surface area contributed by atoms with Crippen molar-refractivity contribution in [2.45, 2.75) is 53.4 Å². The largest absolute Gasteiger partial charge is 0.493 e. The van der Waals surface area contributed by atoms with Crippen LogP contribution in [-0.2, 0) is 0 Å². The SMILES string of the molecule is COc1c(NCC2CCC(C(C)(C)C)CC2)ccnc1C. The van der Waals surface area contributed by atoms with E-state index >= 15 is 0 Å². The predicted octanol–water partition coefficient (Wildman–Crippen LogP) is 4.66. The smallest absolute Gasteiger partial charge is 0.163 e. The van der Waals surface area contributed by atoms with Crippen LogP contribution < -0.4 is 10.1 Å². The molecule has 1 aromatic heterocycles. The third-order valence-electron chi connectivity index (χ3n) is 4.94. The zero-order valence-electron chi connectivity index (χ0n) is 14.2. The maximum Gasteiger partial charge on any atom is 0.163 e. The summed E-state index contributed by atoms with van der Waals surface area (Å²) in [7, 11) is 1.71. The Hall–Kier alpha value is -1.25. The van der Waals surface area contributed by atoms with Crippen molar-refractivity contribution >= 4 is 5.69 Å². The predicted molar refractivity (Wildman–Crippen MR) is 88.9 cm³/mol. The number of ether oxygens (including phenoxy) is 1. The number of rotatable bonds is 4. The molecule has 0 spiro atoms. The van der Waals surface area contributed by atoms with Gasteiger partial charge in [-0.15, -0.1) is 0 Å². The van der Waals surface area contributed by atoms with Crippen molar-refractivity contribution in [3.05, 3.63) is 18.0 Å². The lowest BCUT2D eigenvalue weighted by Crippen LogP contribution is -2.28. The summed E-state index contributed by atoms with van der Waals surface area (Å²) in [6.45, 7) is 10.2. The van der Waals surface area contributed by atoms with E-state index in [4.69, 9.17) is 4.74 Å². The van der Waals surface area contributed by atoms with E-state index in [-0.39, 0.29) is 0 Å². The van der Waals surface area contributed by atoms with E-state index in [1.807, 2.05) is 19.2 Å². The van der Waals surface area contributed by atoms with Crippen LogP contribution in [0.4, 0.5) is 5.69 Å². The Bertz CT molecular complexity index is 457. The van der Waals surface area contributed by atoms with E-state index in [1.165, 1.54) is 25.7 Å². The number of aromatic nitrogens is 1. The van der Waals surface area contributed by atoms with Crippen molar-refractivity contribution in [3.8, 4) is 5.75 Å². The Morgan fingerprint density at radius 2 is 1.90 bits per heavy atom. The lowest BCUT2D eigenvalue weighted by Gasteiger charge is -2.37. The first kappa shape index (κ1) is 16.1. The molecule has 1 aliphatic carbocycles. The van der Waals surface area contributed by atoms with Gasteiger partial charge in [0.25, 0.3) is 0 Å². The molecule has 2 rings (SSSR count). The minimum Gasteiger partial charge on any atom is -0.493 e. The highest BCUT2D eigenvalue weighted by molar-refractivity contribution is 5.57. The molecule has 0 radical (unpaired) electrons. The van der Waals surface area contributed by atoms with Gasteiger partial charge in [0.15, 0.2) is 5.75 Å². The Labute approximate surface area is 129 Å². The molecular formula is C18H30N2O. The first-order valence-electron chi connectivity index (χ1n) is 8.15. The van der Waals surface area contributed by atoms with Gasteiger partial charge in [-0.05, 0) is 55.9 Å². The highest BCUT2D eigenvalue weighted by Gasteiger charge is 2.29. The van der Waals surface area contributed by atoms with E-state index in [0.717, 1.165) is 35.5 Å². The van der Waals surface area contributed by atoms with Crippen LogP contribution in [-0.4, -0.2) is 18.6 Å². The average molecular weight is 290 g/mol. The number of nitrogens with one attached hydrogen (secondary N) is 1. The summed E-state index contributed by atoms with van der Waals surface area (Å²) >= 11 is 0. The first-order chi connectivity index (χ1) is 9.91. The monoisotopic (exact) mass is 290 g/mol. The van der Waals surface area contributed by atoms with Crippen LogP contribution in [0.5, 0.6) is 5.75 Å². The topological polar surface area (TPSA) is 34.1 Å². The zero-order valence-corrected chi connectivity index (χ0v) is 14.2. The van der Waals surface area contributed by atoms with Crippen molar-refractivity contribution < 1.29 is 4.74 Å². The normalized spacial score (nSPS) is 22.9. The van der Waals surface area contributed by atoms with Gasteiger partial charge in [0.1, 0.15) is 0 Å². The molecule has 0 amide bonds. The fourth-order valence-electron chi connectivity index (χ4n) is 3.44. The fourth-order valence-corrected chi connectivity index (χ4v) is 3.44. The summed E-state index contributed by atoms with van der Waals surface area (Å²) in [5.74, 6) is 2.54. The van der Waals surface area contributed by atoms with Crippen molar-refractivity contribution in [2.24, 2.45) is 17.3 Å². The minimum atomic E-state index is 0.462. The van der Waals surface area contributed by atoms with Crippen molar-refractivity contribution in [1.29, 1.82) is 0 Å². The van der Waals surface area contributed by atoms with Crippen LogP contribution in [0.15, 0.2) is 12.3 Å². The molecule has 0 unspecified atom stereocenters. The molecule has 118 valence electrons. The maximum atomic E-state index is 5.45. The highest BCUT2D eigenvalue weighted by atomic mass is 16.5. The quantitative estimate of drug-likeness (QED) is 0.875. The second-order valence-corrected chi connectivity index (χ2v) is 7.44. The lowest BCUT2D eigenvalue weighted by molar-refractivity contribution is 0.153. The van der Waals surface area contributed by atoms with Crippen molar-refractivity contribution in [3.63, 3.8) is 0 Å². The number of nitrogens with zero attached hydrogens (tertiary/aromatic N) is 1. The summed E-state index contributed by atoms with van der Waals surface area (Å²) in [6.07, 6.45) is 7.24. The van der Waals surface area contributed by atoms with Gasteiger partial charge in [-0.1, -0.05) is 20.8 Å². The summed E-state index contributed by atoms with van der Waals surface area (Å²) in [4.78, 5) is 4.28. The molecule has 0 aromatic carbocycles. The van der Waals surface area contributed by atoms with Crippen molar-refractivity contribution in [1.82, 2.24) is 4.98 Å². The molecule has 3 heteroatoms. The standard InChI is InChI=1S/C18H30N2O/c1-13-17(21-5)16(10-11-19-13)20-12-14-6-8-15(9-7-14)18(2,3)4/h10-11,14-15H,6-9,12H2,1-5H3,(H,19,20). The maximum absolute atomic E-state index is 5.45. The number of hydrogen-bond donors (Lipinski definition) is 1. The van der Waals surface area contributed by atoms with E-state index in [2.05, 4.69) is 31.1 Å². The highest BCUT2D eigenvalue weighted by Crippen LogP contribution is 2.40. The molecule has 21 heavy (non-hydrogen) atoms. The first-order valence-corrected chi connectivity index (χ1v) is 8.15. The van der Waals surface area contributed by atoms with Gasteiger partial charge >= 0.3 is 0 Å². The van der Waals surface area contributed by atoms with Gasteiger partial charge in [0.05, 0.1) is 18.5 Å². The average Bonchev–Trinajstić information content (AvgIpc) is 2.44. The molecule has 1 N–H and O–H groups in total. The Balaban J connectivity index is 1.87. The van der Waals surface area contributed by atoms with Crippen LogP contribution in [0, 0.1) is 24.2 Å². The molecule has 1 aliphatic rings. The Kier molecular flexibility index (Phi) is 5.13. The van der Waals surface area contributed by atoms with Gasteiger partial charge < -0.3 is 10.1 Å². The van der Waals surface area contributed by atoms with Crippen LogP contribution in [0.2, 0.25) is 0 Å². The number of pyridine rings is 1. The fraction of sp³-hybridized carbons (Fsp3) is 0.722. The van der Waals surface area contributed by atoms with E-state index in [9.17, 15) is 0 Å². The summed E-state index contributed by atoms with van der Waals surface area (Å²) in [6, 6.07) is 2.01. The van der Waals surface area contributed by atoms with Gasteiger partial charge in [-0.2, -0.15) is 0 Å². The van der Waals surface area contributed by atoms with E-state index in [0.29, 0.717) is 5.41 Å². The second kappa shape index (κ2) is 6.67. The third kappa shape index (κ3) is 4.12. The van der Waals surface area contributed by atoms with Crippen LogP contribution in [0.3, 0.4) is 0 Å². The van der Waals surface area contributed by atoms with Gasteiger partial charge in [0, 0.05) is 12.7 Å². The molecule has 0 atom stereocenters. The van der Waals surface area contributed by atoms with Crippen LogP contribution in [0.1, 0.15) is 52.1 Å². The zero-order chi connectivity index (χ0) is 15.5. The second-order valence-electron chi connectivity index (χ2n) is 7.44. The summed E-state index contributed by atoms with van der Waals surface area (Å²) in [5, 5.41) is 3.56. The molecule has 1 fully saturated rings. The van der Waals surface area contributed by atoms with Gasteiger partial charge in [-0.25, -0.2) is 0 Å². The van der Waals surface area contributed by atoms with E-state index in [1.54, 1.807) is 7.11 Å². The third-order valence-corrected chi connectivity index (χ3v) is 4.94. The summed E-state index contributed by atoms with van der Waals surface area (Å²) < 4.78 is 5.45.